The first-order valence-corrected chi connectivity index (χ1v) is 25.1. The Kier molecular flexibility index (Phi) is 10.0. The van der Waals surface area contributed by atoms with E-state index < -0.39 is 12.1 Å². The highest BCUT2D eigenvalue weighted by atomic mass is 16.2. The smallest absolute Gasteiger partial charge is 0.261 e. The number of aromatic nitrogens is 2. The van der Waals surface area contributed by atoms with Crippen LogP contribution in [0.1, 0.15) is 172 Å². The molecule has 2 unspecified atom stereocenters. The summed E-state index contributed by atoms with van der Waals surface area (Å²) in [6, 6.07) is 36.4. The van der Waals surface area contributed by atoms with Gasteiger partial charge in [0.25, 0.3) is 23.6 Å². The van der Waals surface area contributed by atoms with E-state index >= 15 is 0 Å². The molecule has 4 heterocycles. The Bertz CT molecular complexity index is 3210. The predicted molar refractivity (Wildman–Crippen MR) is 283 cm³/mol. The molecule has 4 amide bonds. The van der Waals surface area contributed by atoms with E-state index in [4.69, 9.17) is 0 Å². The van der Waals surface area contributed by atoms with Gasteiger partial charge < -0.3 is 9.13 Å². The standard InChI is InChI=1S/C62H64N4O4/c1-59(2,3)35-17-25-49-43(29-35)44-30-36(60(4,5)6)18-26-50(44)63(49)39-21-23-41-47(33-39)57(69)65(55(41)67)53-15-13-14-16-54(53)66-56(68)42-24-22-40(34-48(42)58(66)70)64-51-27-19-37(61(7,8)9)31-45(51)46-32-38(62(10,11)12)20-28-52(46)64/h17-34,53-54H,13-16H2,1-12H3. The zero-order chi connectivity index (χ0) is 49.7. The molecular formula is C62H64N4O4. The van der Waals surface area contributed by atoms with E-state index in [0.29, 0.717) is 35.1 Å². The number of hydrogen-bond acceptors (Lipinski definition) is 4. The lowest BCUT2D eigenvalue weighted by atomic mass is 9.85. The third-order valence-electron chi connectivity index (χ3n) is 15.7. The summed E-state index contributed by atoms with van der Waals surface area (Å²) in [7, 11) is 0. The maximum absolute atomic E-state index is 14.9. The van der Waals surface area contributed by atoms with E-state index in [-0.39, 0.29) is 45.3 Å². The highest BCUT2D eigenvalue weighted by Gasteiger charge is 2.50. The Morgan fingerprint density at radius 2 is 0.614 bits per heavy atom. The first-order valence-electron chi connectivity index (χ1n) is 25.1. The van der Waals surface area contributed by atoms with Crippen LogP contribution in [0.2, 0.25) is 0 Å². The van der Waals surface area contributed by atoms with Crippen LogP contribution in [0, 0.1) is 0 Å². The fraction of sp³-hybridized carbons (Fsp3) is 0.355. The fourth-order valence-electron chi connectivity index (χ4n) is 11.5. The van der Waals surface area contributed by atoms with Crippen molar-refractivity contribution in [2.45, 2.75) is 143 Å². The molecule has 3 aliphatic rings. The average Bonchev–Trinajstić information content (AvgIpc) is 3.97. The molecule has 1 fully saturated rings. The van der Waals surface area contributed by atoms with Crippen molar-refractivity contribution >= 4 is 67.2 Å². The van der Waals surface area contributed by atoms with Crippen molar-refractivity contribution in [1.82, 2.24) is 18.9 Å². The molecule has 2 atom stereocenters. The van der Waals surface area contributed by atoms with Crippen molar-refractivity contribution < 1.29 is 19.2 Å². The van der Waals surface area contributed by atoms with Gasteiger partial charge in [0.05, 0.1) is 56.4 Å². The summed E-state index contributed by atoms with van der Waals surface area (Å²) in [5.74, 6) is -1.55. The molecule has 0 saturated heterocycles. The van der Waals surface area contributed by atoms with Crippen molar-refractivity contribution in [2.75, 3.05) is 0 Å². The van der Waals surface area contributed by atoms with Crippen molar-refractivity contribution in [1.29, 1.82) is 0 Å². The third kappa shape index (κ3) is 6.98. The summed E-state index contributed by atoms with van der Waals surface area (Å²) in [5, 5.41) is 4.54. The van der Waals surface area contributed by atoms with Crippen LogP contribution in [-0.4, -0.2) is 54.6 Å². The maximum Gasteiger partial charge on any atom is 0.261 e. The Morgan fingerprint density at radius 1 is 0.343 bits per heavy atom. The van der Waals surface area contributed by atoms with Crippen molar-refractivity contribution in [2.24, 2.45) is 0 Å². The largest absolute Gasteiger partial charge is 0.309 e. The minimum absolute atomic E-state index is 0.0530. The number of nitrogens with zero attached hydrogens (tertiary/aromatic N) is 4. The molecule has 8 aromatic rings. The number of hydrogen-bond donors (Lipinski definition) is 0. The average molecular weight is 929 g/mol. The van der Waals surface area contributed by atoms with Gasteiger partial charge in [-0.15, -0.1) is 0 Å². The lowest BCUT2D eigenvalue weighted by molar-refractivity contribution is 0.0291. The summed E-state index contributed by atoms with van der Waals surface area (Å²) in [6.45, 7) is 26.7. The van der Waals surface area contributed by atoms with Gasteiger partial charge in [0.15, 0.2) is 0 Å². The Balaban J connectivity index is 0.948. The monoisotopic (exact) mass is 928 g/mol. The molecule has 70 heavy (non-hydrogen) atoms. The lowest BCUT2D eigenvalue weighted by Crippen LogP contribution is -2.56. The van der Waals surface area contributed by atoms with Gasteiger partial charge in [-0.3, -0.25) is 29.0 Å². The van der Waals surface area contributed by atoms with Crippen molar-refractivity contribution in [3.05, 3.63) is 154 Å². The number of amides is 4. The lowest BCUT2D eigenvalue weighted by Gasteiger charge is -2.40. The first kappa shape index (κ1) is 45.6. The molecule has 2 aromatic heterocycles. The van der Waals surface area contributed by atoms with Crippen LogP contribution in [0.5, 0.6) is 0 Å². The van der Waals surface area contributed by atoms with Gasteiger partial charge in [-0.1, -0.05) is 120 Å². The number of carbonyl (C=O) groups excluding carboxylic acids is 4. The summed E-state index contributed by atoms with van der Waals surface area (Å²) < 4.78 is 4.40. The van der Waals surface area contributed by atoms with E-state index in [1.807, 2.05) is 24.3 Å². The Morgan fingerprint density at radius 3 is 0.886 bits per heavy atom. The minimum atomic E-state index is -0.669. The molecule has 0 N–H and O–H groups in total. The van der Waals surface area contributed by atoms with Crippen molar-refractivity contribution in [3.63, 3.8) is 0 Å². The number of fused-ring (bicyclic) bond motifs is 8. The molecule has 8 heteroatoms. The second kappa shape index (κ2) is 15.3. The number of benzene rings is 6. The second-order valence-electron chi connectivity index (χ2n) is 24.4. The topological polar surface area (TPSA) is 84.6 Å². The zero-order valence-corrected chi connectivity index (χ0v) is 42.8. The molecule has 11 rings (SSSR count). The number of imide groups is 2. The second-order valence-corrected chi connectivity index (χ2v) is 24.4. The van der Waals surface area contributed by atoms with Gasteiger partial charge in [0.1, 0.15) is 0 Å². The molecule has 356 valence electrons. The van der Waals surface area contributed by atoms with Gasteiger partial charge in [0, 0.05) is 32.9 Å². The Hall–Kier alpha value is -6.80. The van der Waals surface area contributed by atoms with E-state index in [1.54, 1.807) is 12.1 Å². The van der Waals surface area contributed by atoms with Gasteiger partial charge in [0.2, 0.25) is 0 Å². The summed E-state index contributed by atoms with van der Waals surface area (Å²) in [5.41, 5.74) is 11.7. The van der Waals surface area contributed by atoms with Gasteiger partial charge in [-0.2, -0.15) is 0 Å². The zero-order valence-electron chi connectivity index (χ0n) is 42.8. The van der Waals surface area contributed by atoms with Crippen LogP contribution >= 0.6 is 0 Å². The summed E-state index contributed by atoms with van der Waals surface area (Å²) in [4.78, 5) is 61.6. The quantitative estimate of drug-likeness (QED) is 0.165. The van der Waals surface area contributed by atoms with E-state index in [2.05, 4.69) is 165 Å². The van der Waals surface area contributed by atoms with Crippen LogP contribution in [-0.2, 0) is 21.7 Å². The van der Waals surface area contributed by atoms with Crippen LogP contribution in [0.4, 0.5) is 0 Å². The Labute approximate surface area is 411 Å². The SMILES string of the molecule is CC(C)(C)c1ccc2c(c1)c1cc(C(C)(C)C)ccc1n2-c1ccc2c(c1)C(=O)N(C1CCCCC1N1C(=O)c3ccc(-n4c5ccc(C(C)(C)C)cc5c5cc(C(C)(C)C)ccc54)cc3C1=O)C2=O. The summed E-state index contributed by atoms with van der Waals surface area (Å²) in [6.07, 6.45) is 2.52. The number of carbonyl (C=O) groups is 4. The van der Waals surface area contributed by atoms with Gasteiger partial charge in [-0.25, -0.2) is 0 Å². The summed E-state index contributed by atoms with van der Waals surface area (Å²) >= 11 is 0. The molecule has 6 aromatic carbocycles. The highest BCUT2D eigenvalue weighted by molar-refractivity contribution is 6.24. The van der Waals surface area contributed by atoms with Crippen LogP contribution in [0.15, 0.2) is 109 Å². The molecule has 1 saturated carbocycles. The fourth-order valence-corrected chi connectivity index (χ4v) is 11.5. The van der Waals surface area contributed by atoms with Crippen molar-refractivity contribution in [3.8, 4) is 11.4 Å². The van der Waals surface area contributed by atoms with Crippen LogP contribution < -0.4 is 0 Å². The van der Waals surface area contributed by atoms with Crippen LogP contribution in [0.3, 0.4) is 0 Å². The maximum atomic E-state index is 14.9. The minimum Gasteiger partial charge on any atom is -0.309 e. The molecule has 1 aliphatic carbocycles. The van der Waals surface area contributed by atoms with E-state index in [1.165, 1.54) is 32.1 Å². The normalized spacial score (nSPS) is 18.1. The van der Waals surface area contributed by atoms with Crippen LogP contribution in [0.25, 0.3) is 55.0 Å². The third-order valence-corrected chi connectivity index (χ3v) is 15.7. The molecule has 0 bridgehead atoms. The molecular weight excluding hydrogens is 865 g/mol. The molecule has 0 radical (unpaired) electrons. The van der Waals surface area contributed by atoms with Gasteiger partial charge in [-0.05, 0) is 142 Å². The molecule has 8 nitrogen and oxygen atoms in total. The van der Waals surface area contributed by atoms with Gasteiger partial charge >= 0.3 is 0 Å². The predicted octanol–water partition coefficient (Wildman–Crippen LogP) is 14.3. The molecule has 0 spiro atoms. The van der Waals surface area contributed by atoms with E-state index in [0.717, 1.165) is 67.8 Å². The number of rotatable bonds is 4. The first-order chi connectivity index (χ1) is 32.9. The molecule has 2 aliphatic heterocycles. The highest BCUT2D eigenvalue weighted by Crippen LogP contribution is 2.43. The van der Waals surface area contributed by atoms with E-state index in [9.17, 15) is 19.2 Å².